The van der Waals surface area contributed by atoms with E-state index in [2.05, 4.69) is 0 Å². The van der Waals surface area contributed by atoms with Crippen molar-refractivity contribution in [1.29, 1.82) is 0 Å². The fourth-order valence-electron chi connectivity index (χ4n) is 4.33. The number of methoxy groups -OCH3 is 2. The maximum Gasteiger partial charge on any atom is 0.176 e. The number of rotatable bonds is 6. The van der Waals surface area contributed by atoms with Gasteiger partial charge < -0.3 is 9.47 Å². The first-order valence-corrected chi connectivity index (χ1v) is 10.2. The lowest BCUT2D eigenvalue weighted by molar-refractivity contribution is 0.0924. The normalized spacial score (nSPS) is 17.6. The number of halogens is 4. The van der Waals surface area contributed by atoms with E-state index in [0.717, 1.165) is 6.07 Å². The summed E-state index contributed by atoms with van der Waals surface area (Å²) in [7, 11) is 2.92. The molecule has 7 heteroatoms. The molecule has 0 fully saturated rings. The van der Waals surface area contributed by atoms with Crippen LogP contribution in [0.2, 0.25) is 0 Å². The third-order valence-electron chi connectivity index (χ3n) is 5.90. The van der Waals surface area contributed by atoms with E-state index < -0.39 is 46.5 Å². The van der Waals surface area contributed by atoms with E-state index in [0.29, 0.717) is 40.7 Å². The smallest absolute Gasteiger partial charge is 0.176 e. The molecule has 1 aliphatic rings. The van der Waals surface area contributed by atoms with Gasteiger partial charge in [0.15, 0.2) is 28.9 Å². The monoisotopic (exact) mass is 456 g/mol. The minimum atomic E-state index is -1.53. The van der Waals surface area contributed by atoms with Crippen LogP contribution in [0.3, 0.4) is 0 Å². The molecule has 0 N–H and O–H groups in total. The minimum absolute atomic E-state index is 0.310. The van der Waals surface area contributed by atoms with Crippen molar-refractivity contribution in [2.24, 2.45) is 5.92 Å². The molecule has 2 atom stereocenters. The van der Waals surface area contributed by atoms with Crippen molar-refractivity contribution in [1.82, 2.24) is 0 Å². The molecule has 3 aromatic carbocycles. The number of benzene rings is 3. The van der Waals surface area contributed by atoms with Crippen LogP contribution in [0.25, 0.3) is 5.57 Å². The number of carbonyl (C=O) groups is 1. The van der Waals surface area contributed by atoms with Crippen LogP contribution in [0.4, 0.5) is 17.6 Å². The lowest BCUT2D eigenvalue weighted by Gasteiger charge is -2.23. The molecule has 2 unspecified atom stereocenters. The first-order chi connectivity index (χ1) is 15.8. The van der Waals surface area contributed by atoms with Gasteiger partial charge in [-0.3, -0.25) is 4.79 Å². The fraction of sp³-hybridized carbons (Fsp3) is 0.192. The maximum atomic E-state index is 14.5. The molecular formula is C26H20F4O3. The molecule has 0 saturated carbocycles. The van der Waals surface area contributed by atoms with Crippen LogP contribution >= 0.6 is 0 Å². The molecule has 0 bridgehead atoms. The van der Waals surface area contributed by atoms with Crippen LogP contribution in [0, 0.1) is 29.2 Å². The summed E-state index contributed by atoms with van der Waals surface area (Å²) in [5, 5.41) is 0. The number of carbonyl (C=O) groups excluding carboxylic acids is 1. The van der Waals surface area contributed by atoms with Crippen molar-refractivity contribution in [3.8, 4) is 11.5 Å². The van der Waals surface area contributed by atoms with E-state index in [1.807, 2.05) is 0 Å². The topological polar surface area (TPSA) is 35.5 Å². The highest BCUT2D eigenvalue weighted by Gasteiger charge is 2.39. The molecule has 0 saturated heterocycles. The first-order valence-electron chi connectivity index (χ1n) is 10.2. The molecule has 1 aliphatic carbocycles. The Morgan fingerprint density at radius 3 is 2.24 bits per heavy atom. The maximum absolute atomic E-state index is 14.5. The predicted octanol–water partition coefficient (Wildman–Crippen LogP) is 6.33. The second-order valence-corrected chi connectivity index (χ2v) is 7.70. The van der Waals surface area contributed by atoms with Crippen LogP contribution in [0.1, 0.15) is 33.8 Å². The third-order valence-corrected chi connectivity index (χ3v) is 5.90. The van der Waals surface area contributed by atoms with Gasteiger partial charge in [-0.2, -0.15) is 0 Å². The van der Waals surface area contributed by atoms with Gasteiger partial charge in [-0.15, -0.1) is 0 Å². The molecule has 0 aromatic heterocycles. The van der Waals surface area contributed by atoms with Crippen LogP contribution in [-0.2, 0) is 0 Å². The van der Waals surface area contributed by atoms with Gasteiger partial charge in [0.25, 0.3) is 0 Å². The van der Waals surface area contributed by atoms with Gasteiger partial charge in [0.2, 0.25) is 0 Å². The average molecular weight is 456 g/mol. The standard InChI is InChI=1S/C26H20F4O3/c1-32-22-5-3-4-17(26(22)33-2)18-12-15(14-6-8-16(27)9-7-14)13-19(18)25(31)23-20(28)10-11-21(29)24(23)30/h3-11,13,18-19H,12H2,1-2H3. The second kappa shape index (κ2) is 9.10. The number of hydrogen-bond donors (Lipinski definition) is 0. The SMILES string of the molecule is COc1cccc(C2CC(c3ccc(F)cc3)=CC2C(=O)c2c(F)ccc(F)c2F)c1OC. The van der Waals surface area contributed by atoms with E-state index >= 15 is 0 Å². The molecule has 0 spiro atoms. The predicted molar refractivity (Wildman–Crippen MR) is 115 cm³/mol. The van der Waals surface area contributed by atoms with E-state index in [9.17, 15) is 22.4 Å². The number of ether oxygens (including phenoxy) is 2. The van der Waals surface area contributed by atoms with Gasteiger partial charge in [-0.1, -0.05) is 30.3 Å². The van der Waals surface area contributed by atoms with Crippen molar-refractivity contribution in [3.05, 3.63) is 101 Å². The van der Waals surface area contributed by atoms with Gasteiger partial charge in [-0.25, -0.2) is 17.6 Å². The fourth-order valence-corrected chi connectivity index (χ4v) is 4.33. The molecule has 0 radical (unpaired) electrons. The van der Waals surface area contributed by atoms with Gasteiger partial charge >= 0.3 is 0 Å². The molecule has 170 valence electrons. The average Bonchev–Trinajstić information content (AvgIpc) is 3.26. The zero-order chi connectivity index (χ0) is 23.7. The van der Waals surface area contributed by atoms with Crippen molar-refractivity contribution in [2.75, 3.05) is 14.2 Å². The molecule has 0 amide bonds. The van der Waals surface area contributed by atoms with Crippen LogP contribution in [-0.4, -0.2) is 20.0 Å². The number of ketones is 1. The second-order valence-electron chi connectivity index (χ2n) is 7.70. The molecule has 3 aromatic rings. The van der Waals surface area contributed by atoms with Crippen molar-refractivity contribution < 1.29 is 31.8 Å². The highest BCUT2D eigenvalue weighted by Crippen LogP contribution is 2.49. The summed E-state index contributed by atoms with van der Waals surface area (Å²) in [4.78, 5) is 13.4. The number of Topliss-reactive ketones (excluding diaryl/α,β-unsaturated/α-hetero) is 1. The summed E-state index contributed by atoms with van der Waals surface area (Å²) in [6.45, 7) is 0. The van der Waals surface area contributed by atoms with Crippen LogP contribution in [0.15, 0.2) is 60.7 Å². The van der Waals surface area contributed by atoms with Gasteiger partial charge in [0.1, 0.15) is 11.6 Å². The molecule has 33 heavy (non-hydrogen) atoms. The van der Waals surface area contributed by atoms with Gasteiger partial charge in [0, 0.05) is 17.4 Å². The molecule has 0 heterocycles. The lowest BCUT2D eigenvalue weighted by atomic mass is 9.82. The van der Waals surface area contributed by atoms with Crippen molar-refractivity contribution in [2.45, 2.75) is 12.3 Å². The highest BCUT2D eigenvalue weighted by molar-refractivity contribution is 6.02. The zero-order valence-corrected chi connectivity index (χ0v) is 17.9. The first kappa shape index (κ1) is 22.6. The molecule has 0 aliphatic heterocycles. The van der Waals surface area contributed by atoms with E-state index in [-0.39, 0.29) is 0 Å². The summed E-state index contributed by atoms with van der Waals surface area (Å²) in [6, 6.07) is 12.2. The summed E-state index contributed by atoms with van der Waals surface area (Å²) in [6.07, 6.45) is 1.91. The van der Waals surface area contributed by atoms with Gasteiger partial charge in [-0.05, 0) is 47.9 Å². The highest BCUT2D eigenvalue weighted by atomic mass is 19.2. The number of para-hydroxylation sites is 1. The summed E-state index contributed by atoms with van der Waals surface area (Å²) < 4.78 is 67.1. The number of hydrogen-bond acceptors (Lipinski definition) is 3. The zero-order valence-electron chi connectivity index (χ0n) is 17.9. The summed E-state index contributed by atoms with van der Waals surface area (Å²) in [5.41, 5.74) is 1.03. The van der Waals surface area contributed by atoms with Crippen molar-refractivity contribution in [3.63, 3.8) is 0 Å². The largest absolute Gasteiger partial charge is 0.493 e. The van der Waals surface area contributed by atoms with Gasteiger partial charge in [0.05, 0.1) is 19.8 Å². The Hall–Kier alpha value is -3.61. The van der Waals surface area contributed by atoms with Crippen LogP contribution < -0.4 is 9.47 Å². The van der Waals surface area contributed by atoms with E-state index in [1.54, 1.807) is 36.4 Å². The van der Waals surface area contributed by atoms with E-state index in [4.69, 9.17) is 9.47 Å². The Bertz CT molecular complexity index is 1240. The molecular weight excluding hydrogens is 436 g/mol. The lowest BCUT2D eigenvalue weighted by Crippen LogP contribution is -2.21. The third kappa shape index (κ3) is 4.11. The van der Waals surface area contributed by atoms with Crippen molar-refractivity contribution >= 4 is 11.4 Å². The molecule has 4 rings (SSSR count). The Balaban J connectivity index is 1.85. The quantitative estimate of drug-likeness (QED) is 0.247. The summed E-state index contributed by atoms with van der Waals surface area (Å²) in [5.74, 6) is -6.07. The summed E-state index contributed by atoms with van der Waals surface area (Å²) >= 11 is 0. The number of allylic oxidation sites excluding steroid dienone is 2. The molecule has 3 nitrogen and oxygen atoms in total. The Labute approximate surface area is 188 Å². The Kier molecular flexibility index (Phi) is 6.22. The minimum Gasteiger partial charge on any atom is -0.493 e. The Morgan fingerprint density at radius 1 is 0.879 bits per heavy atom. The Morgan fingerprint density at radius 2 is 1.58 bits per heavy atom. The van der Waals surface area contributed by atoms with Crippen LogP contribution in [0.5, 0.6) is 11.5 Å². The van der Waals surface area contributed by atoms with E-state index in [1.165, 1.54) is 26.4 Å².